The molecule has 0 bridgehead atoms. The minimum atomic E-state index is -1.39. The molecule has 158 valence electrons. The van der Waals surface area contributed by atoms with Gasteiger partial charge in [-0.05, 0) is 18.6 Å². The third-order valence-electron chi connectivity index (χ3n) is 4.89. The normalized spacial score (nSPS) is 22.1. The van der Waals surface area contributed by atoms with E-state index in [2.05, 4.69) is 10.2 Å². The average Bonchev–Trinajstić information content (AvgIpc) is 3.52. The molecule has 0 aromatic heterocycles. The van der Waals surface area contributed by atoms with Crippen molar-refractivity contribution in [2.45, 2.75) is 30.9 Å². The van der Waals surface area contributed by atoms with E-state index in [0.717, 1.165) is 5.69 Å². The molecule has 8 nitrogen and oxygen atoms in total. The number of para-hydroxylation sites is 1. The second-order valence-corrected chi connectivity index (χ2v) is 8.43. The molecule has 2 saturated heterocycles. The van der Waals surface area contributed by atoms with Gasteiger partial charge in [0, 0.05) is 26.2 Å². The summed E-state index contributed by atoms with van der Waals surface area (Å²) < 4.78 is 4.79. The van der Waals surface area contributed by atoms with Crippen molar-refractivity contribution in [1.82, 2.24) is 10.2 Å². The van der Waals surface area contributed by atoms with Gasteiger partial charge in [0.2, 0.25) is 5.91 Å². The highest BCUT2D eigenvalue weighted by Gasteiger charge is 2.46. The Morgan fingerprint density at radius 3 is 2.52 bits per heavy atom. The second kappa shape index (κ2) is 9.69. The van der Waals surface area contributed by atoms with Gasteiger partial charge in [-0.1, -0.05) is 30.7 Å². The van der Waals surface area contributed by atoms with Crippen LogP contribution in [0.5, 0.6) is 0 Å². The van der Waals surface area contributed by atoms with Crippen molar-refractivity contribution < 1.29 is 24.2 Å². The Hall–Kier alpha value is -1.97. The topological polar surface area (TPSA) is 105 Å². The Morgan fingerprint density at radius 1 is 1.24 bits per heavy atom. The van der Waals surface area contributed by atoms with Gasteiger partial charge in [-0.3, -0.25) is 9.59 Å². The first kappa shape index (κ1) is 21.7. The number of rotatable bonds is 8. The summed E-state index contributed by atoms with van der Waals surface area (Å²) >= 11 is 7.58. The summed E-state index contributed by atoms with van der Waals surface area (Å²) in [4.78, 5) is 39.2. The first-order valence-electron chi connectivity index (χ1n) is 9.46. The van der Waals surface area contributed by atoms with E-state index in [-0.39, 0.29) is 17.0 Å². The van der Waals surface area contributed by atoms with E-state index in [0.29, 0.717) is 37.6 Å². The number of anilines is 1. The Labute approximate surface area is 178 Å². The maximum Gasteiger partial charge on any atom is 0.253 e. The summed E-state index contributed by atoms with van der Waals surface area (Å²) in [5.41, 5.74) is 0.974. The van der Waals surface area contributed by atoms with Crippen molar-refractivity contribution >= 4 is 46.8 Å². The predicted octanol–water partition coefficient (Wildman–Crippen LogP) is 0.0914. The van der Waals surface area contributed by atoms with Crippen LogP contribution in [0.3, 0.4) is 0 Å². The van der Waals surface area contributed by atoms with E-state index in [1.165, 1.54) is 11.8 Å². The van der Waals surface area contributed by atoms with E-state index >= 15 is 0 Å². The molecule has 3 atom stereocenters. The maximum atomic E-state index is 12.5. The molecule has 10 heteroatoms. The highest BCUT2D eigenvalue weighted by molar-refractivity contribution is 8.00. The lowest BCUT2D eigenvalue weighted by Crippen LogP contribution is -2.49. The van der Waals surface area contributed by atoms with E-state index < -0.39 is 24.1 Å². The van der Waals surface area contributed by atoms with Crippen LogP contribution in [0.15, 0.2) is 24.3 Å². The molecule has 1 aromatic rings. The molecule has 0 spiro atoms. The zero-order chi connectivity index (χ0) is 21.0. The van der Waals surface area contributed by atoms with Crippen LogP contribution in [0.25, 0.3) is 0 Å². The summed E-state index contributed by atoms with van der Waals surface area (Å²) in [5, 5.41) is 13.8. The zero-order valence-corrected chi connectivity index (χ0v) is 17.6. The lowest BCUT2D eigenvalue weighted by atomic mass is 10.2. The van der Waals surface area contributed by atoms with Crippen LogP contribution in [0, 0.1) is 0 Å². The average molecular weight is 441 g/mol. The number of carboxylic acids is 1. The molecular weight excluding hydrogens is 418 g/mol. The number of benzene rings is 1. The van der Waals surface area contributed by atoms with Crippen LogP contribution >= 0.6 is 23.4 Å². The highest BCUT2D eigenvalue weighted by atomic mass is 35.5. The number of epoxide rings is 1. The van der Waals surface area contributed by atoms with Crippen molar-refractivity contribution in [3.05, 3.63) is 29.3 Å². The molecule has 2 aliphatic rings. The van der Waals surface area contributed by atoms with Gasteiger partial charge in [0.05, 0.1) is 27.8 Å². The molecule has 0 radical (unpaired) electrons. The summed E-state index contributed by atoms with van der Waals surface area (Å²) in [5.74, 6) is -1.63. The van der Waals surface area contributed by atoms with Crippen LogP contribution in [-0.4, -0.2) is 72.2 Å². The molecule has 0 aliphatic carbocycles. The van der Waals surface area contributed by atoms with Crippen molar-refractivity contribution in [2.24, 2.45) is 0 Å². The van der Waals surface area contributed by atoms with Crippen LogP contribution < -0.4 is 15.3 Å². The number of amides is 2. The number of hydrogen-bond acceptors (Lipinski definition) is 7. The molecule has 2 amide bonds. The molecule has 3 unspecified atom stereocenters. The molecule has 1 aromatic carbocycles. The molecule has 29 heavy (non-hydrogen) atoms. The minimum Gasteiger partial charge on any atom is -0.547 e. The zero-order valence-electron chi connectivity index (χ0n) is 16.0. The van der Waals surface area contributed by atoms with Gasteiger partial charge in [-0.15, -0.1) is 11.8 Å². The van der Waals surface area contributed by atoms with Crippen LogP contribution in [-0.2, 0) is 19.1 Å². The SMILES string of the molecule is CCC(NC(=O)C1OC1C(=O)[O-])SCC(=O)N1CCN(c2ccccc2Cl)CC1. The van der Waals surface area contributed by atoms with E-state index in [9.17, 15) is 19.5 Å². The van der Waals surface area contributed by atoms with Gasteiger partial charge in [-0.25, -0.2) is 0 Å². The Balaban J connectivity index is 1.41. The lowest BCUT2D eigenvalue weighted by molar-refractivity contribution is -0.307. The molecule has 2 fully saturated rings. The molecular formula is C19H23ClN3O5S-. The molecule has 1 N–H and O–H groups in total. The van der Waals surface area contributed by atoms with Gasteiger partial charge in [-0.2, -0.15) is 0 Å². The van der Waals surface area contributed by atoms with E-state index in [4.69, 9.17) is 16.3 Å². The molecule has 0 saturated carbocycles. The first-order valence-corrected chi connectivity index (χ1v) is 10.9. The summed E-state index contributed by atoms with van der Waals surface area (Å²) in [6.45, 7) is 4.51. The number of thioether (sulfide) groups is 1. The summed E-state index contributed by atoms with van der Waals surface area (Å²) in [6, 6.07) is 7.65. The number of hydrogen-bond donors (Lipinski definition) is 1. The van der Waals surface area contributed by atoms with Gasteiger partial charge < -0.3 is 29.8 Å². The summed E-state index contributed by atoms with van der Waals surface area (Å²) in [7, 11) is 0. The van der Waals surface area contributed by atoms with Gasteiger partial charge in [0.25, 0.3) is 5.91 Å². The number of carbonyl (C=O) groups is 3. The number of halogens is 1. The molecule has 2 heterocycles. The second-order valence-electron chi connectivity index (χ2n) is 6.83. The molecule has 2 aliphatic heterocycles. The first-order chi connectivity index (χ1) is 13.9. The van der Waals surface area contributed by atoms with Crippen molar-refractivity contribution in [3.8, 4) is 0 Å². The highest BCUT2D eigenvalue weighted by Crippen LogP contribution is 2.26. The Bertz CT molecular complexity index is 772. The van der Waals surface area contributed by atoms with E-state index in [1.807, 2.05) is 36.1 Å². The monoisotopic (exact) mass is 440 g/mol. The lowest BCUT2D eigenvalue weighted by Gasteiger charge is -2.36. The largest absolute Gasteiger partial charge is 0.547 e. The van der Waals surface area contributed by atoms with Crippen LogP contribution in [0.2, 0.25) is 5.02 Å². The fraction of sp³-hybridized carbons (Fsp3) is 0.526. The number of nitrogens with zero attached hydrogens (tertiary/aromatic N) is 2. The Morgan fingerprint density at radius 2 is 1.93 bits per heavy atom. The van der Waals surface area contributed by atoms with Crippen molar-refractivity contribution in [2.75, 3.05) is 36.8 Å². The Kier molecular flexibility index (Phi) is 7.26. The number of ether oxygens (including phenoxy) is 1. The quantitative estimate of drug-likeness (QED) is 0.451. The number of nitrogens with one attached hydrogen (secondary N) is 1. The van der Waals surface area contributed by atoms with Gasteiger partial charge in [0.15, 0.2) is 6.10 Å². The minimum absolute atomic E-state index is 0.0109. The number of carbonyl (C=O) groups excluding carboxylic acids is 3. The van der Waals surface area contributed by atoms with Crippen molar-refractivity contribution in [3.63, 3.8) is 0 Å². The van der Waals surface area contributed by atoms with E-state index in [1.54, 1.807) is 0 Å². The third-order valence-corrected chi connectivity index (χ3v) is 6.48. The molecule has 3 rings (SSSR count). The fourth-order valence-electron chi connectivity index (χ4n) is 3.16. The maximum absolute atomic E-state index is 12.5. The van der Waals surface area contributed by atoms with Gasteiger partial charge >= 0.3 is 0 Å². The fourth-order valence-corrected chi connectivity index (χ4v) is 4.38. The van der Waals surface area contributed by atoms with Crippen LogP contribution in [0.1, 0.15) is 13.3 Å². The smallest absolute Gasteiger partial charge is 0.253 e. The summed E-state index contributed by atoms with van der Waals surface area (Å²) in [6.07, 6.45) is -1.57. The third kappa shape index (κ3) is 5.55. The van der Waals surface area contributed by atoms with Gasteiger partial charge in [0.1, 0.15) is 6.10 Å². The standard InChI is InChI=1S/C19H24ClN3O5S/c1-2-14(21-18(25)16-17(28-16)19(26)27)29-11-15(24)23-9-7-22(8-10-23)13-6-4-3-5-12(13)20/h3-6,14,16-17H,2,7-11H2,1H3,(H,21,25)(H,26,27)/p-1. The predicted molar refractivity (Wildman–Crippen MR) is 109 cm³/mol. The van der Waals surface area contributed by atoms with Crippen molar-refractivity contribution in [1.29, 1.82) is 0 Å². The number of piperazine rings is 1. The number of carboxylic acid groups (broad SMARTS) is 1. The number of aliphatic carboxylic acids is 1. The van der Waals surface area contributed by atoms with Crippen LogP contribution in [0.4, 0.5) is 5.69 Å².